The van der Waals surface area contributed by atoms with E-state index in [1.165, 1.54) is 11.3 Å². The molecule has 23 heavy (non-hydrogen) atoms. The van der Waals surface area contributed by atoms with E-state index in [0.717, 1.165) is 16.9 Å². The second-order valence-electron chi connectivity index (χ2n) is 4.77. The number of ether oxygens (including phenoxy) is 1. The maximum atomic E-state index is 12.0. The molecule has 2 amide bonds. The smallest absolute Gasteiger partial charge is 0.279 e. The van der Waals surface area contributed by atoms with Crippen LogP contribution in [0.25, 0.3) is 0 Å². The molecule has 0 aliphatic heterocycles. The van der Waals surface area contributed by atoms with Crippen LogP contribution in [0.3, 0.4) is 0 Å². The van der Waals surface area contributed by atoms with Crippen LogP contribution in [0.4, 0.5) is 0 Å². The highest BCUT2D eigenvalue weighted by molar-refractivity contribution is 7.14. The van der Waals surface area contributed by atoms with Crippen LogP contribution in [0.5, 0.6) is 5.75 Å². The van der Waals surface area contributed by atoms with Crippen molar-refractivity contribution in [2.24, 2.45) is 0 Å². The highest BCUT2D eigenvalue weighted by Crippen LogP contribution is 2.23. The van der Waals surface area contributed by atoms with E-state index in [2.05, 4.69) is 10.9 Å². The van der Waals surface area contributed by atoms with Gasteiger partial charge in [0.15, 0.2) is 6.61 Å². The van der Waals surface area contributed by atoms with Crippen molar-refractivity contribution in [1.82, 2.24) is 10.9 Å². The SMILES string of the molecule is CCc1cc(C(=O)NNC(=O)COc2ccccc2Cl)sc1C. The standard InChI is InChI=1S/C16H17ClN2O3S/c1-3-11-8-14(23-10(11)2)16(21)19-18-15(20)9-22-13-7-5-4-6-12(13)17/h4-8H,3,9H2,1-2H3,(H,18,20)(H,19,21). The summed E-state index contributed by atoms with van der Waals surface area (Å²) in [7, 11) is 0. The van der Waals surface area contributed by atoms with Gasteiger partial charge in [0.25, 0.3) is 11.8 Å². The zero-order valence-electron chi connectivity index (χ0n) is 12.8. The first-order valence-corrected chi connectivity index (χ1v) is 8.26. The van der Waals surface area contributed by atoms with Gasteiger partial charge < -0.3 is 4.74 Å². The molecule has 0 atom stereocenters. The van der Waals surface area contributed by atoms with E-state index in [1.807, 2.05) is 19.9 Å². The summed E-state index contributed by atoms with van der Waals surface area (Å²) in [4.78, 5) is 25.3. The third-order valence-electron chi connectivity index (χ3n) is 3.14. The first kappa shape index (κ1) is 17.3. The highest BCUT2D eigenvalue weighted by atomic mass is 35.5. The molecule has 0 unspecified atom stereocenters. The van der Waals surface area contributed by atoms with Crippen LogP contribution in [0.1, 0.15) is 27.0 Å². The third-order valence-corrected chi connectivity index (χ3v) is 4.54. The van der Waals surface area contributed by atoms with Crippen molar-refractivity contribution in [2.45, 2.75) is 20.3 Å². The number of hydrazine groups is 1. The quantitative estimate of drug-likeness (QED) is 0.812. The number of thiophene rings is 1. The van der Waals surface area contributed by atoms with Crippen LogP contribution >= 0.6 is 22.9 Å². The number of halogens is 1. The summed E-state index contributed by atoms with van der Waals surface area (Å²) in [6, 6.07) is 8.69. The van der Waals surface area contributed by atoms with Gasteiger partial charge in [-0.2, -0.15) is 0 Å². The van der Waals surface area contributed by atoms with Crippen LogP contribution in [0, 0.1) is 6.92 Å². The molecule has 1 heterocycles. The van der Waals surface area contributed by atoms with Crippen molar-refractivity contribution in [3.8, 4) is 5.75 Å². The van der Waals surface area contributed by atoms with E-state index < -0.39 is 5.91 Å². The Bertz CT molecular complexity index is 715. The fourth-order valence-electron chi connectivity index (χ4n) is 1.91. The van der Waals surface area contributed by atoms with Gasteiger partial charge >= 0.3 is 0 Å². The Morgan fingerprint density at radius 3 is 2.65 bits per heavy atom. The average molecular weight is 353 g/mol. The molecule has 2 rings (SSSR count). The number of carbonyl (C=O) groups is 2. The van der Waals surface area contributed by atoms with E-state index in [1.54, 1.807) is 24.3 Å². The first-order chi connectivity index (χ1) is 11.0. The lowest BCUT2D eigenvalue weighted by Gasteiger charge is -2.09. The van der Waals surface area contributed by atoms with Gasteiger partial charge in [0.1, 0.15) is 5.75 Å². The molecule has 0 spiro atoms. The Morgan fingerprint density at radius 1 is 1.26 bits per heavy atom. The minimum Gasteiger partial charge on any atom is -0.482 e. The molecular formula is C16H17ClN2O3S. The lowest BCUT2D eigenvalue weighted by molar-refractivity contribution is -0.123. The topological polar surface area (TPSA) is 67.4 Å². The minimum absolute atomic E-state index is 0.242. The van der Waals surface area contributed by atoms with Crippen molar-refractivity contribution < 1.29 is 14.3 Å². The Kier molecular flexibility index (Phi) is 6.01. The molecule has 2 aromatic rings. The Morgan fingerprint density at radius 2 is 2.00 bits per heavy atom. The van der Waals surface area contributed by atoms with E-state index in [-0.39, 0.29) is 12.5 Å². The number of benzene rings is 1. The molecule has 0 bridgehead atoms. The van der Waals surface area contributed by atoms with E-state index in [9.17, 15) is 9.59 Å². The zero-order valence-corrected chi connectivity index (χ0v) is 14.4. The van der Waals surface area contributed by atoms with Crippen LogP contribution < -0.4 is 15.6 Å². The Balaban J connectivity index is 1.82. The summed E-state index contributed by atoms with van der Waals surface area (Å²) in [5.41, 5.74) is 5.82. The van der Waals surface area contributed by atoms with Crippen LogP contribution in [0.15, 0.2) is 30.3 Å². The van der Waals surface area contributed by atoms with Crippen molar-refractivity contribution in [3.63, 3.8) is 0 Å². The van der Waals surface area contributed by atoms with Gasteiger partial charge in [0.2, 0.25) is 0 Å². The molecule has 0 saturated heterocycles. The van der Waals surface area contributed by atoms with Crippen molar-refractivity contribution in [2.75, 3.05) is 6.61 Å². The first-order valence-electron chi connectivity index (χ1n) is 7.07. The molecule has 1 aromatic carbocycles. The fraction of sp³-hybridized carbons (Fsp3) is 0.250. The van der Waals surface area contributed by atoms with Gasteiger partial charge in [-0.25, -0.2) is 0 Å². The second-order valence-corrected chi connectivity index (χ2v) is 6.43. The molecule has 0 saturated carbocycles. The zero-order chi connectivity index (χ0) is 16.8. The number of hydrogen-bond donors (Lipinski definition) is 2. The number of para-hydroxylation sites is 1. The normalized spacial score (nSPS) is 10.2. The van der Waals surface area contributed by atoms with Gasteiger partial charge in [-0.3, -0.25) is 20.4 Å². The van der Waals surface area contributed by atoms with Gasteiger partial charge in [0.05, 0.1) is 9.90 Å². The number of carbonyl (C=O) groups excluding carboxylic acids is 2. The average Bonchev–Trinajstić information content (AvgIpc) is 2.93. The number of aryl methyl sites for hydroxylation is 2. The predicted molar refractivity (Wildman–Crippen MR) is 91.0 cm³/mol. The number of amides is 2. The summed E-state index contributed by atoms with van der Waals surface area (Å²) in [5.74, 6) is -0.400. The molecule has 0 aliphatic carbocycles. The van der Waals surface area contributed by atoms with Gasteiger partial charge in [-0.05, 0) is 37.1 Å². The number of hydrogen-bond acceptors (Lipinski definition) is 4. The number of rotatable bonds is 5. The predicted octanol–water partition coefficient (Wildman–Crippen LogP) is 3.11. The maximum Gasteiger partial charge on any atom is 0.279 e. The Labute approximate surface area is 143 Å². The molecular weight excluding hydrogens is 336 g/mol. The molecule has 7 heteroatoms. The number of nitrogens with one attached hydrogen (secondary N) is 2. The second kappa shape index (κ2) is 7.99. The van der Waals surface area contributed by atoms with Crippen molar-refractivity contribution in [3.05, 3.63) is 50.7 Å². The highest BCUT2D eigenvalue weighted by Gasteiger charge is 2.12. The lowest BCUT2D eigenvalue weighted by atomic mass is 10.2. The van der Waals surface area contributed by atoms with E-state index in [4.69, 9.17) is 16.3 Å². The van der Waals surface area contributed by atoms with Crippen LogP contribution in [0.2, 0.25) is 5.02 Å². The minimum atomic E-state index is -0.470. The third kappa shape index (κ3) is 4.71. The Hall–Kier alpha value is -2.05. The molecule has 2 N–H and O–H groups in total. The molecule has 5 nitrogen and oxygen atoms in total. The maximum absolute atomic E-state index is 12.0. The molecule has 122 valence electrons. The van der Waals surface area contributed by atoms with Crippen molar-refractivity contribution in [1.29, 1.82) is 0 Å². The van der Waals surface area contributed by atoms with Gasteiger partial charge in [-0.1, -0.05) is 30.7 Å². The van der Waals surface area contributed by atoms with Crippen LogP contribution in [-0.4, -0.2) is 18.4 Å². The van der Waals surface area contributed by atoms with Gasteiger partial charge in [-0.15, -0.1) is 11.3 Å². The molecule has 0 aliphatic rings. The monoisotopic (exact) mass is 352 g/mol. The summed E-state index contributed by atoms with van der Waals surface area (Å²) < 4.78 is 5.28. The lowest BCUT2D eigenvalue weighted by Crippen LogP contribution is -2.43. The molecule has 0 fully saturated rings. The van der Waals surface area contributed by atoms with E-state index in [0.29, 0.717) is 15.6 Å². The summed E-state index contributed by atoms with van der Waals surface area (Å²) in [5, 5.41) is 0.422. The van der Waals surface area contributed by atoms with E-state index >= 15 is 0 Å². The van der Waals surface area contributed by atoms with Crippen molar-refractivity contribution >= 4 is 34.8 Å². The molecule has 0 radical (unpaired) electrons. The van der Waals surface area contributed by atoms with Gasteiger partial charge in [0, 0.05) is 4.88 Å². The summed E-state index contributed by atoms with van der Waals surface area (Å²) in [6.07, 6.45) is 0.869. The summed E-state index contributed by atoms with van der Waals surface area (Å²) in [6.45, 7) is 3.76. The fourth-order valence-corrected chi connectivity index (χ4v) is 3.11. The summed E-state index contributed by atoms with van der Waals surface area (Å²) >= 11 is 7.32. The van der Waals surface area contributed by atoms with Crippen LogP contribution in [-0.2, 0) is 11.2 Å². The molecule has 1 aromatic heterocycles. The largest absolute Gasteiger partial charge is 0.482 e.